The average molecular weight is 901 g/mol. The van der Waals surface area contributed by atoms with Gasteiger partial charge in [-0.2, -0.15) is 0 Å². The van der Waals surface area contributed by atoms with Crippen molar-refractivity contribution in [1.82, 2.24) is 8.80 Å². The van der Waals surface area contributed by atoms with Crippen LogP contribution in [0.1, 0.15) is 13.7 Å². The standard InChI is InChI=1S/C66H42N4/c1-5-21-43(22-6-1)47-29-13-15-35-55(47)67(45-25-9-3-10-26-45)57-37-19-39-59-63(57)51-33-17-31-49-53-42-62-54(41-61(53)69(59)65(49)51)50-32-18-34-52-64-58(38-20-40-60(64)70(62)66(50)52)68(46-27-11-4-12-28-46)56-36-16-14-30-48(56)44-23-7-2-8-24-44/h1-42H/i3D,4D,9D,10D,11D,12D,25D,26D,27D,28D. The zero-order chi connectivity index (χ0) is 54.6. The molecule has 0 amide bonds. The van der Waals surface area contributed by atoms with E-state index in [4.69, 9.17) is 8.22 Å². The summed E-state index contributed by atoms with van der Waals surface area (Å²) in [6.45, 7) is 0. The van der Waals surface area contributed by atoms with E-state index in [2.05, 4.69) is 69.5 Å². The molecule has 0 aliphatic heterocycles. The van der Waals surface area contributed by atoms with Crippen molar-refractivity contribution in [1.29, 1.82) is 0 Å². The third-order valence-electron chi connectivity index (χ3n) is 14.1. The number of hydrogen-bond donors (Lipinski definition) is 0. The maximum absolute atomic E-state index is 9.40. The zero-order valence-electron chi connectivity index (χ0n) is 47.3. The van der Waals surface area contributed by atoms with E-state index < -0.39 is 36.3 Å². The third kappa shape index (κ3) is 5.47. The Bertz CT molecular complexity index is 4720. The summed E-state index contributed by atoms with van der Waals surface area (Å²) in [4.78, 5) is 3.69. The number of rotatable bonds is 8. The van der Waals surface area contributed by atoms with Crippen molar-refractivity contribution >= 4 is 110 Å². The van der Waals surface area contributed by atoms with Gasteiger partial charge in [0.15, 0.2) is 0 Å². The van der Waals surface area contributed by atoms with E-state index in [9.17, 15) is 5.48 Å². The molecule has 0 saturated heterocycles. The fourth-order valence-corrected chi connectivity index (χ4v) is 11.4. The molecule has 0 bridgehead atoms. The quantitative estimate of drug-likeness (QED) is 0.151. The zero-order valence-corrected chi connectivity index (χ0v) is 37.3. The van der Waals surface area contributed by atoms with Crippen molar-refractivity contribution in [3.63, 3.8) is 0 Å². The minimum atomic E-state index is -0.464. The van der Waals surface area contributed by atoms with Crippen LogP contribution in [-0.4, -0.2) is 8.80 Å². The third-order valence-corrected chi connectivity index (χ3v) is 14.1. The molecule has 0 radical (unpaired) electrons. The number of anilines is 6. The average Bonchev–Trinajstić information content (AvgIpc) is 3.10. The summed E-state index contributed by atoms with van der Waals surface area (Å²) in [5.74, 6) is 0. The highest BCUT2D eigenvalue weighted by Gasteiger charge is 2.28. The van der Waals surface area contributed by atoms with Crippen molar-refractivity contribution in [3.8, 4) is 22.3 Å². The lowest BCUT2D eigenvalue weighted by Gasteiger charge is -2.28. The van der Waals surface area contributed by atoms with Crippen molar-refractivity contribution in [3.05, 3.63) is 255 Å². The van der Waals surface area contributed by atoms with Gasteiger partial charge in [0, 0.05) is 65.6 Å². The Hall–Kier alpha value is -9.38. The molecule has 4 aromatic heterocycles. The summed E-state index contributed by atoms with van der Waals surface area (Å²) in [5, 5.41) is 7.63. The molecular formula is C66H42N4. The van der Waals surface area contributed by atoms with Gasteiger partial charge < -0.3 is 18.6 Å². The molecule has 15 rings (SSSR count). The summed E-state index contributed by atoms with van der Waals surface area (Å²) in [7, 11) is 0. The Balaban J connectivity index is 1.01. The van der Waals surface area contributed by atoms with Gasteiger partial charge in [0.1, 0.15) is 0 Å². The van der Waals surface area contributed by atoms with E-state index in [-0.39, 0.29) is 35.5 Å². The van der Waals surface area contributed by atoms with E-state index in [1.54, 1.807) is 0 Å². The van der Waals surface area contributed by atoms with Crippen LogP contribution in [0.2, 0.25) is 0 Å². The number of benzene rings is 11. The van der Waals surface area contributed by atoms with E-state index in [1.165, 1.54) is 0 Å². The molecule has 4 heterocycles. The van der Waals surface area contributed by atoms with Gasteiger partial charge in [-0.25, -0.2) is 0 Å². The molecule has 0 spiro atoms. The Morgan fingerprint density at radius 1 is 0.300 bits per heavy atom. The van der Waals surface area contributed by atoms with Crippen molar-refractivity contribution in [2.75, 3.05) is 9.80 Å². The first-order valence-corrected chi connectivity index (χ1v) is 23.3. The normalized spacial score (nSPS) is 14.0. The number of para-hydroxylation sites is 6. The van der Waals surface area contributed by atoms with Gasteiger partial charge in [-0.05, 0) is 83.8 Å². The van der Waals surface area contributed by atoms with Crippen LogP contribution in [0.4, 0.5) is 34.1 Å². The summed E-state index contributed by atoms with van der Waals surface area (Å²) in [6, 6.07) is 60.7. The topological polar surface area (TPSA) is 15.3 Å². The monoisotopic (exact) mass is 900 g/mol. The highest BCUT2D eigenvalue weighted by molar-refractivity contribution is 6.31. The largest absolute Gasteiger partial charge is 0.309 e. The Morgan fingerprint density at radius 3 is 1.11 bits per heavy atom. The molecule has 0 N–H and O–H groups in total. The van der Waals surface area contributed by atoms with Gasteiger partial charge in [-0.15, -0.1) is 0 Å². The van der Waals surface area contributed by atoms with Crippen LogP contribution in [0.3, 0.4) is 0 Å². The summed E-state index contributed by atoms with van der Waals surface area (Å²) in [5.41, 5.74) is 11.8. The fourth-order valence-electron chi connectivity index (χ4n) is 11.4. The molecular weight excluding hydrogens is 849 g/mol. The highest BCUT2D eigenvalue weighted by Crippen LogP contribution is 2.51. The molecule has 4 heteroatoms. The molecule has 0 atom stereocenters. The van der Waals surface area contributed by atoms with Gasteiger partial charge in [0.25, 0.3) is 0 Å². The summed E-state index contributed by atoms with van der Waals surface area (Å²) in [6.07, 6.45) is 0. The number of aromatic nitrogens is 2. The predicted octanol–water partition coefficient (Wildman–Crippen LogP) is 18.3. The SMILES string of the molecule is [2H]c1c([2H])c([2H])c(N(c2ccccc2-c2ccccc2)c2cccc3c2c2cccc4c5cc6c(cc5n3c42)c2cccc3c4c(N(c5ccccc5-c5ccccc5)c5c([2H])c([2H])c([2H])c([2H])c5[2H])cccc4n6c23)c([2H])c1[2H]. The van der Waals surface area contributed by atoms with Crippen LogP contribution in [-0.2, 0) is 0 Å². The van der Waals surface area contributed by atoms with Crippen LogP contribution in [0.5, 0.6) is 0 Å². The van der Waals surface area contributed by atoms with E-state index in [0.717, 1.165) is 98.4 Å². The first kappa shape index (κ1) is 30.1. The highest BCUT2D eigenvalue weighted by atomic mass is 15.2. The second-order valence-electron chi connectivity index (χ2n) is 17.7. The Labute approximate surface area is 418 Å². The van der Waals surface area contributed by atoms with Gasteiger partial charge in [-0.1, -0.05) is 182 Å². The molecule has 0 saturated carbocycles. The molecule has 15 aromatic rings. The summed E-state index contributed by atoms with van der Waals surface area (Å²) >= 11 is 0. The van der Waals surface area contributed by atoms with Crippen molar-refractivity contribution < 1.29 is 13.7 Å². The van der Waals surface area contributed by atoms with Gasteiger partial charge in [0.05, 0.1) is 69.6 Å². The molecule has 0 unspecified atom stereocenters. The Morgan fingerprint density at radius 2 is 0.671 bits per heavy atom. The number of fused-ring (bicyclic) bond motifs is 12. The van der Waals surface area contributed by atoms with E-state index in [0.29, 0.717) is 22.7 Å². The Kier molecular flexibility index (Phi) is 6.48. The first-order valence-electron chi connectivity index (χ1n) is 28.3. The molecule has 11 aromatic carbocycles. The maximum Gasteiger partial charge on any atom is 0.0645 e. The van der Waals surface area contributed by atoms with Crippen LogP contribution in [0.15, 0.2) is 255 Å². The van der Waals surface area contributed by atoms with Crippen molar-refractivity contribution in [2.45, 2.75) is 0 Å². The first-order chi connectivity index (χ1) is 38.9. The van der Waals surface area contributed by atoms with Gasteiger partial charge in [0.2, 0.25) is 0 Å². The number of hydrogen-bond acceptors (Lipinski definition) is 2. The van der Waals surface area contributed by atoms with Crippen molar-refractivity contribution in [2.24, 2.45) is 0 Å². The van der Waals surface area contributed by atoms with Crippen LogP contribution in [0, 0.1) is 0 Å². The molecule has 0 aliphatic rings. The molecule has 4 nitrogen and oxygen atoms in total. The molecule has 70 heavy (non-hydrogen) atoms. The van der Waals surface area contributed by atoms with Crippen LogP contribution < -0.4 is 9.80 Å². The lowest BCUT2D eigenvalue weighted by atomic mass is 10.00. The van der Waals surface area contributed by atoms with Gasteiger partial charge in [-0.3, -0.25) is 0 Å². The molecule has 0 fully saturated rings. The summed E-state index contributed by atoms with van der Waals surface area (Å²) < 4.78 is 94.8. The lowest BCUT2D eigenvalue weighted by Crippen LogP contribution is -2.11. The fraction of sp³-hybridized carbons (Fsp3) is 0. The predicted molar refractivity (Wildman–Crippen MR) is 296 cm³/mol. The molecule has 326 valence electrons. The number of nitrogens with zero attached hydrogens (tertiary/aromatic N) is 4. The van der Waals surface area contributed by atoms with Gasteiger partial charge >= 0.3 is 0 Å². The smallest absolute Gasteiger partial charge is 0.0645 e. The van der Waals surface area contributed by atoms with Crippen LogP contribution in [0.25, 0.3) is 98.4 Å². The second-order valence-corrected chi connectivity index (χ2v) is 17.7. The van der Waals surface area contributed by atoms with Crippen LogP contribution >= 0.6 is 0 Å². The minimum absolute atomic E-state index is 0.0430. The van der Waals surface area contributed by atoms with E-state index in [1.807, 2.05) is 143 Å². The maximum atomic E-state index is 9.40. The second kappa shape index (κ2) is 15.1. The van der Waals surface area contributed by atoms with E-state index >= 15 is 0 Å². The minimum Gasteiger partial charge on any atom is -0.309 e. The lowest BCUT2D eigenvalue weighted by molar-refractivity contribution is 1.29. The molecule has 0 aliphatic carbocycles.